The second-order valence-corrected chi connectivity index (χ2v) is 13.9. The van der Waals surface area contributed by atoms with Crippen molar-refractivity contribution < 1.29 is 9.53 Å². The van der Waals surface area contributed by atoms with Crippen LogP contribution >= 0.6 is 0 Å². The highest BCUT2D eigenvalue weighted by molar-refractivity contribution is 5.78. The Balaban J connectivity index is 1.18. The van der Waals surface area contributed by atoms with Crippen LogP contribution in [0.15, 0.2) is 60.7 Å². The Hall–Kier alpha value is -2.37. The summed E-state index contributed by atoms with van der Waals surface area (Å²) in [6, 6.07) is 21.9. The standard InChI is InChI=1S/C36H51N3O2/c1-37(2)36(32-17-8-4-9-18-32)23-21-34(22-24-36)29-38(33(40)39(34)27-30-15-12-16-30)26-25-35(19-10-5-11-20-35)41-28-31-13-6-3-7-14-31/h3-4,6-9,13-14,17-18,30H,5,10-12,15-16,19-29H2,1-2H3/t34-,36-. The number of benzene rings is 2. The van der Waals surface area contributed by atoms with Crippen molar-refractivity contribution in [2.24, 2.45) is 5.92 Å². The fraction of sp³-hybridized carbons (Fsp3) is 0.639. The van der Waals surface area contributed by atoms with Gasteiger partial charge in [-0.3, -0.25) is 4.90 Å². The summed E-state index contributed by atoms with van der Waals surface area (Å²) in [5, 5.41) is 0. The molecule has 41 heavy (non-hydrogen) atoms. The molecular weight excluding hydrogens is 506 g/mol. The molecule has 0 N–H and O–H groups in total. The lowest BCUT2D eigenvalue weighted by molar-refractivity contribution is -0.0880. The number of ether oxygens (including phenoxy) is 1. The third kappa shape index (κ3) is 5.82. The van der Waals surface area contributed by atoms with E-state index in [1.54, 1.807) is 0 Å². The van der Waals surface area contributed by atoms with Crippen LogP contribution in [0.5, 0.6) is 0 Å². The average Bonchev–Trinajstić information content (AvgIpc) is 3.24. The number of nitrogens with zero attached hydrogens (tertiary/aromatic N) is 3. The van der Waals surface area contributed by atoms with Gasteiger partial charge in [-0.1, -0.05) is 86.3 Å². The van der Waals surface area contributed by atoms with E-state index in [0.29, 0.717) is 18.6 Å². The summed E-state index contributed by atoms with van der Waals surface area (Å²) in [6.45, 7) is 3.31. The first-order chi connectivity index (χ1) is 19.9. The second-order valence-electron chi connectivity index (χ2n) is 13.9. The number of carbonyl (C=O) groups excluding carboxylic acids is 1. The fourth-order valence-corrected chi connectivity index (χ4v) is 8.37. The third-order valence-electron chi connectivity index (χ3n) is 11.4. The summed E-state index contributed by atoms with van der Waals surface area (Å²) in [5.41, 5.74) is 2.56. The summed E-state index contributed by atoms with van der Waals surface area (Å²) >= 11 is 0. The van der Waals surface area contributed by atoms with Gasteiger partial charge in [0.05, 0.1) is 17.7 Å². The van der Waals surface area contributed by atoms with Crippen molar-refractivity contribution in [2.75, 3.05) is 33.7 Å². The number of hydrogen-bond acceptors (Lipinski definition) is 3. The first-order valence-corrected chi connectivity index (χ1v) is 16.4. The van der Waals surface area contributed by atoms with Gasteiger partial charge in [0.1, 0.15) is 0 Å². The lowest BCUT2D eigenvalue weighted by Gasteiger charge is -2.51. The van der Waals surface area contributed by atoms with E-state index < -0.39 is 0 Å². The Bertz CT molecular complexity index is 1130. The SMILES string of the molecule is CN(C)[C@]1(c2ccccc2)CC[C@@]2(CC1)CN(CCC1(OCc3ccccc3)CCCCC1)C(=O)N2CC1CCC1. The number of urea groups is 1. The van der Waals surface area contributed by atoms with Gasteiger partial charge in [-0.2, -0.15) is 0 Å². The van der Waals surface area contributed by atoms with Gasteiger partial charge >= 0.3 is 6.03 Å². The van der Waals surface area contributed by atoms with Crippen LogP contribution in [0.1, 0.15) is 94.6 Å². The molecule has 3 saturated carbocycles. The lowest BCUT2D eigenvalue weighted by Crippen LogP contribution is -2.56. The van der Waals surface area contributed by atoms with Crippen LogP contribution in [0.4, 0.5) is 4.79 Å². The minimum atomic E-state index is -0.108. The van der Waals surface area contributed by atoms with Crippen LogP contribution in [0.25, 0.3) is 0 Å². The molecule has 1 heterocycles. The maximum atomic E-state index is 14.2. The average molecular weight is 558 g/mol. The van der Waals surface area contributed by atoms with Crippen LogP contribution in [-0.2, 0) is 16.9 Å². The van der Waals surface area contributed by atoms with Crippen LogP contribution in [0.3, 0.4) is 0 Å². The van der Waals surface area contributed by atoms with Crippen LogP contribution in [0.2, 0.25) is 0 Å². The lowest BCUT2D eigenvalue weighted by atomic mass is 9.68. The minimum absolute atomic E-state index is 0.0361. The van der Waals surface area contributed by atoms with E-state index in [1.807, 2.05) is 0 Å². The first kappa shape index (κ1) is 28.7. The van der Waals surface area contributed by atoms with Crippen molar-refractivity contribution in [3.05, 3.63) is 71.8 Å². The van der Waals surface area contributed by atoms with E-state index in [9.17, 15) is 4.79 Å². The molecule has 2 amide bonds. The van der Waals surface area contributed by atoms with Gasteiger partial charge in [0, 0.05) is 25.2 Å². The molecular formula is C36H51N3O2. The van der Waals surface area contributed by atoms with Crippen molar-refractivity contribution in [1.82, 2.24) is 14.7 Å². The van der Waals surface area contributed by atoms with Gasteiger partial charge in [-0.25, -0.2) is 4.79 Å². The molecule has 0 bridgehead atoms. The van der Waals surface area contributed by atoms with E-state index in [0.717, 1.165) is 64.6 Å². The van der Waals surface area contributed by atoms with E-state index in [1.165, 1.54) is 49.7 Å². The Labute approximate surface area is 248 Å². The summed E-state index contributed by atoms with van der Waals surface area (Å²) in [4.78, 5) is 21.2. The van der Waals surface area contributed by atoms with E-state index in [4.69, 9.17) is 4.74 Å². The summed E-state index contributed by atoms with van der Waals surface area (Å²) < 4.78 is 6.75. The van der Waals surface area contributed by atoms with Crippen molar-refractivity contribution in [1.29, 1.82) is 0 Å². The molecule has 4 fully saturated rings. The number of rotatable bonds is 10. The smallest absolute Gasteiger partial charge is 0.320 e. The molecule has 0 unspecified atom stereocenters. The van der Waals surface area contributed by atoms with Crippen molar-refractivity contribution in [2.45, 2.75) is 107 Å². The van der Waals surface area contributed by atoms with Crippen molar-refractivity contribution >= 4 is 6.03 Å². The largest absolute Gasteiger partial charge is 0.370 e. The van der Waals surface area contributed by atoms with E-state index in [2.05, 4.69) is 89.5 Å². The van der Waals surface area contributed by atoms with E-state index in [-0.39, 0.29) is 16.7 Å². The maximum Gasteiger partial charge on any atom is 0.320 e. The van der Waals surface area contributed by atoms with Gasteiger partial charge in [-0.15, -0.1) is 0 Å². The highest BCUT2D eigenvalue weighted by Gasteiger charge is 2.55. The van der Waals surface area contributed by atoms with Crippen LogP contribution < -0.4 is 0 Å². The molecule has 2 aromatic rings. The molecule has 3 aliphatic carbocycles. The molecule has 1 aliphatic heterocycles. The van der Waals surface area contributed by atoms with Crippen LogP contribution in [-0.4, -0.2) is 65.6 Å². The van der Waals surface area contributed by atoms with Gasteiger partial charge in [0.25, 0.3) is 0 Å². The van der Waals surface area contributed by atoms with Crippen LogP contribution in [0, 0.1) is 5.92 Å². The van der Waals surface area contributed by atoms with Crippen molar-refractivity contribution in [3.63, 3.8) is 0 Å². The molecule has 1 spiro atoms. The monoisotopic (exact) mass is 557 g/mol. The van der Waals surface area contributed by atoms with Gasteiger partial charge in [-0.05, 0) is 88.9 Å². The second kappa shape index (κ2) is 12.1. The summed E-state index contributed by atoms with van der Waals surface area (Å²) in [5.74, 6) is 0.685. The normalized spacial score (nSPS) is 28.4. The topological polar surface area (TPSA) is 36.0 Å². The molecule has 6 rings (SSSR count). The molecule has 222 valence electrons. The molecule has 4 aliphatic rings. The maximum absolute atomic E-state index is 14.2. The Morgan fingerprint density at radius 1 is 0.829 bits per heavy atom. The number of carbonyl (C=O) groups is 1. The number of hydrogen-bond donors (Lipinski definition) is 0. The summed E-state index contributed by atoms with van der Waals surface area (Å²) in [6.07, 6.45) is 15.1. The Kier molecular flexibility index (Phi) is 8.47. The zero-order valence-corrected chi connectivity index (χ0v) is 25.5. The van der Waals surface area contributed by atoms with Gasteiger partial charge < -0.3 is 14.5 Å². The van der Waals surface area contributed by atoms with E-state index >= 15 is 0 Å². The molecule has 5 heteroatoms. The fourth-order valence-electron chi connectivity index (χ4n) is 8.37. The first-order valence-electron chi connectivity index (χ1n) is 16.4. The molecule has 0 aromatic heterocycles. The molecule has 0 atom stereocenters. The zero-order chi connectivity index (χ0) is 28.3. The van der Waals surface area contributed by atoms with Crippen molar-refractivity contribution in [3.8, 4) is 0 Å². The highest BCUT2D eigenvalue weighted by atomic mass is 16.5. The Morgan fingerprint density at radius 3 is 2.10 bits per heavy atom. The number of amides is 2. The minimum Gasteiger partial charge on any atom is -0.370 e. The Morgan fingerprint density at radius 2 is 1.49 bits per heavy atom. The summed E-state index contributed by atoms with van der Waals surface area (Å²) in [7, 11) is 4.48. The quantitative estimate of drug-likeness (QED) is 0.302. The van der Waals surface area contributed by atoms with Gasteiger partial charge in [0.15, 0.2) is 0 Å². The highest BCUT2D eigenvalue weighted by Crippen LogP contribution is 2.50. The third-order valence-corrected chi connectivity index (χ3v) is 11.4. The van der Waals surface area contributed by atoms with Gasteiger partial charge in [0.2, 0.25) is 0 Å². The zero-order valence-electron chi connectivity index (χ0n) is 25.5. The predicted octanol–water partition coefficient (Wildman–Crippen LogP) is 7.60. The molecule has 1 saturated heterocycles. The molecule has 0 radical (unpaired) electrons. The predicted molar refractivity (Wildman–Crippen MR) is 166 cm³/mol. The molecule has 2 aromatic carbocycles. The molecule has 5 nitrogen and oxygen atoms in total.